The second-order valence-electron chi connectivity index (χ2n) is 11.6. The number of rotatable bonds is 8. The minimum absolute atomic E-state index is 0.0884. The first-order valence-corrected chi connectivity index (χ1v) is 21.9. The second kappa shape index (κ2) is 9.58. The first-order valence-electron chi connectivity index (χ1n) is 11.8. The zero-order valence-electron chi connectivity index (χ0n) is 20.2. The van der Waals surface area contributed by atoms with E-state index in [1.165, 1.54) is 43.6 Å². The van der Waals surface area contributed by atoms with E-state index in [0.717, 1.165) is 6.42 Å². The van der Waals surface area contributed by atoms with E-state index in [2.05, 4.69) is 85.9 Å². The molecule has 1 aromatic rings. The lowest BCUT2D eigenvalue weighted by atomic mass is 9.90. The monoisotopic (exact) mass is 482 g/mol. The molecule has 30 heavy (non-hydrogen) atoms. The fourth-order valence-corrected chi connectivity index (χ4v) is 15.9. The number of fused-ring (bicyclic) bond motifs is 1. The molecule has 0 unspecified atom stereocenters. The summed E-state index contributed by atoms with van der Waals surface area (Å²) in [6.45, 7) is 14.9. The third kappa shape index (κ3) is 5.75. The minimum Gasteiger partial charge on any atom is -0.319 e. The van der Waals surface area contributed by atoms with Crippen molar-refractivity contribution in [2.24, 2.45) is 0 Å². The molecule has 0 N–H and O–H groups in total. The molecule has 3 atom stereocenters. The van der Waals surface area contributed by atoms with Crippen LogP contribution in [0.15, 0.2) is 30.3 Å². The molecular weight excluding hydrogens is 439 g/mol. The van der Waals surface area contributed by atoms with Crippen molar-refractivity contribution in [3.05, 3.63) is 35.9 Å². The molecule has 1 saturated heterocycles. The molecule has 1 aromatic carbocycles. The van der Waals surface area contributed by atoms with Gasteiger partial charge < -0.3 is 4.52 Å². The summed E-state index contributed by atoms with van der Waals surface area (Å²) in [5.41, 5.74) is 1.28. The minimum atomic E-state index is -2.26. The van der Waals surface area contributed by atoms with Gasteiger partial charge in [-0.15, -0.1) is 0 Å². The highest BCUT2D eigenvalue weighted by Gasteiger charge is 2.55. The largest absolute Gasteiger partial charge is 0.319 e. The van der Waals surface area contributed by atoms with Crippen LogP contribution in [0.5, 0.6) is 0 Å². The zero-order chi connectivity index (χ0) is 22.2. The van der Waals surface area contributed by atoms with E-state index in [1.807, 2.05) is 0 Å². The average molecular weight is 483 g/mol. The lowest BCUT2D eigenvalue weighted by Gasteiger charge is -2.41. The smallest absolute Gasteiger partial charge is 0.204 e. The van der Waals surface area contributed by atoms with Gasteiger partial charge in [0.1, 0.15) is 0 Å². The number of hydrogen-bond acceptors (Lipinski definition) is 2. The predicted molar refractivity (Wildman–Crippen MR) is 141 cm³/mol. The Morgan fingerprint density at radius 1 is 0.933 bits per heavy atom. The van der Waals surface area contributed by atoms with Gasteiger partial charge in [0.25, 0.3) is 0 Å². The summed E-state index contributed by atoms with van der Waals surface area (Å²) in [6, 6.07) is 12.0. The highest BCUT2D eigenvalue weighted by Crippen LogP contribution is 2.67. The topological polar surface area (TPSA) is 15.7 Å². The third-order valence-electron chi connectivity index (χ3n) is 6.19. The van der Waals surface area contributed by atoms with E-state index in [0.29, 0.717) is 12.1 Å². The molecule has 7 heteroatoms. The van der Waals surface area contributed by atoms with Crippen LogP contribution >= 0.6 is 6.57 Å². The molecule has 1 aliphatic heterocycles. The Bertz CT molecular complexity index is 714. The summed E-state index contributed by atoms with van der Waals surface area (Å²) in [7, 11) is -2.65. The first-order chi connectivity index (χ1) is 13.9. The van der Waals surface area contributed by atoms with Crippen LogP contribution in [0.25, 0.3) is 0 Å². The van der Waals surface area contributed by atoms with Crippen LogP contribution in [-0.2, 0) is 16.3 Å². The van der Waals surface area contributed by atoms with Gasteiger partial charge in [-0.05, 0) is 36.6 Å². The molecule has 0 bridgehead atoms. The molecule has 0 aromatic heterocycles. The van der Waals surface area contributed by atoms with Crippen molar-refractivity contribution < 1.29 is 4.52 Å². The molecule has 3 nitrogen and oxygen atoms in total. The molecule has 0 spiro atoms. The van der Waals surface area contributed by atoms with Gasteiger partial charge in [-0.1, -0.05) is 89.4 Å². The lowest BCUT2D eigenvalue weighted by molar-refractivity contribution is 0.195. The summed E-state index contributed by atoms with van der Waals surface area (Å²) in [5, 5.41) is 0. The van der Waals surface area contributed by atoms with Gasteiger partial charge in [0, 0.05) is 24.4 Å². The normalized spacial score (nSPS) is 26.5. The zero-order valence-corrected chi connectivity index (χ0v) is 23.9. The van der Waals surface area contributed by atoms with Crippen molar-refractivity contribution in [1.29, 1.82) is 0 Å². The van der Waals surface area contributed by atoms with Crippen molar-refractivity contribution in [2.75, 3.05) is 12.3 Å². The summed E-state index contributed by atoms with van der Waals surface area (Å²) in [5.74, 6) is 0. The van der Waals surface area contributed by atoms with Crippen molar-refractivity contribution in [2.45, 2.75) is 96.5 Å². The van der Waals surface area contributed by atoms with Crippen molar-refractivity contribution in [3.63, 3.8) is 0 Å². The fourth-order valence-electron chi connectivity index (χ4n) is 5.02. The van der Waals surface area contributed by atoms with Gasteiger partial charge in [0.05, 0.1) is 22.3 Å². The number of nitrogens with zero attached hydrogens (tertiary/aromatic N) is 2. The van der Waals surface area contributed by atoms with Gasteiger partial charge in [-0.3, -0.25) is 0 Å². The molecule has 3 rings (SSSR count). The maximum atomic E-state index is 7.17. The summed E-state index contributed by atoms with van der Waals surface area (Å²) in [6.07, 6.45) is 8.66. The lowest BCUT2D eigenvalue weighted by Crippen LogP contribution is -2.46. The Kier molecular flexibility index (Phi) is 7.93. The Labute approximate surface area is 192 Å². The molecular formula is C23H43N2OPSSi2. The van der Waals surface area contributed by atoms with Crippen LogP contribution in [0.1, 0.15) is 50.7 Å². The first kappa shape index (κ1) is 24.8. The predicted octanol–water partition coefficient (Wildman–Crippen LogP) is 7.06. The molecule has 2 aliphatic rings. The van der Waals surface area contributed by atoms with Crippen LogP contribution in [0.4, 0.5) is 0 Å². The molecule has 0 amide bonds. The number of benzene rings is 1. The van der Waals surface area contributed by atoms with Gasteiger partial charge in [0.15, 0.2) is 0 Å². The van der Waals surface area contributed by atoms with Crippen molar-refractivity contribution in [1.82, 2.24) is 9.34 Å². The van der Waals surface area contributed by atoms with E-state index in [4.69, 9.17) is 16.3 Å². The van der Waals surface area contributed by atoms with Crippen LogP contribution in [0.2, 0.25) is 39.3 Å². The van der Waals surface area contributed by atoms with Gasteiger partial charge in [-0.2, -0.15) is 0 Å². The fraction of sp³-hybridized carbons (Fsp3) is 0.739. The van der Waals surface area contributed by atoms with Gasteiger partial charge in [0.2, 0.25) is 6.57 Å². The molecule has 2 fully saturated rings. The van der Waals surface area contributed by atoms with Crippen LogP contribution in [0.3, 0.4) is 0 Å². The van der Waals surface area contributed by atoms with E-state index < -0.39 is 22.7 Å². The Morgan fingerprint density at radius 3 is 1.80 bits per heavy atom. The number of hydrogen-bond donors (Lipinski definition) is 0. The quantitative estimate of drug-likeness (QED) is 0.291. The maximum Gasteiger partial charge on any atom is 0.204 e. The highest BCUT2D eigenvalue weighted by molar-refractivity contribution is 8.10. The average Bonchev–Trinajstić information content (AvgIpc) is 2.87. The van der Waals surface area contributed by atoms with E-state index in [9.17, 15) is 0 Å². The highest BCUT2D eigenvalue weighted by atomic mass is 32.5. The van der Waals surface area contributed by atoms with Crippen LogP contribution in [-0.4, -0.2) is 49.9 Å². The molecule has 170 valence electrons. The molecule has 0 radical (unpaired) electrons. The molecule has 1 aliphatic carbocycles. The van der Waals surface area contributed by atoms with Crippen LogP contribution < -0.4 is 0 Å². The standard InChI is InChI=1S/C23H43N2OPSSi2/c1-8-23(20-14-10-9-11-15-20)26-27(28)24(18-29(2,3)4)21-16-12-13-17-22(21)25(27)19-30(5,6)7/h9-11,14-15,21-23H,8,12-13,16-19H2,1-7H3/t21-,22-,23-/m1/s1. The van der Waals surface area contributed by atoms with Crippen LogP contribution in [0, 0.1) is 0 Å². The van der Waals surface area contributed by atoms with Gasteiger partial charge in [-0.25, -0.2) is 9.34 Å². The van der Waals surface area contributed by atoms with E-state index >= 15 is 0 Å². The Hall–Kier alpha value is 0.184. The SMILES string of the molecule is CC[C@@H](OP1(=S)N(C[Si](C)(C)C)[C@@H]2CCCC[C@H]2N1C[Si](C)(C)C)c1ccccc1. The van der Waals surface area contributed by atoms with Crippen molar-refractivity contribution >= 4 is 34.5 Å². The molecule has 1 heterocycles. The van der Waals surface area contributed by atoms with Gasteiger partial charge >= 0.3 is 0 Å². The third-order valence-corrected chi connectivity index (χ3v) is 13.5. The Morgan fingerprint density at radius 2 is 1.40 bits per heavy atom. The summed E-state index contributed by atoms with van der Waals surface area (Å²) in [4.78, 5) is 0. The van der Waals surface area contributed by atoms with E-state index in [-0.39, 0.29) is 6.10 Å². The summed E-state index contributed by atoms with van der Waals surface area (Å²) < 4.78 is 12.7. The van der Waals surface area contributed by atoms with E-state index in [1.54, 1.807) is 0 Å². The maximum absolute atomic E-state index is 7.17. The second-order valence-corrected chi connectivity index (χ2v) is 26.2. The Balaban J connectivity index is 2.03. The van der Waals surface area contributed by atoms with Crippen molar-refractivity contribution in [3.8, 4) is 0 Å². The summed E-state index contributed by atoms with van der Waals surface area (Å²) >= 11 is 6.69. The molecule has 1 saturated carbocycles.